The van der Waals surface area contributed by atoms with Gasteiger partial charge in [-0.05, 0) is 0 Å². The molecule has 0 saturated carbocycles. The SMILES string of the molecule is NC(=O)NN1CCN(C2CN3C(=O)CC3S2)C1=O. The van der Waals surface area contributed by atoms with Gasteiger partial charge in [0.2, 0.25) is 5.91 Å². The first-order valence-electron chi connectivity index (χ1n) is 5.65. The highest BCUT2D eigenvalue weighted by molar-refractivity contribution is 8.00. The van der Waals surface area contributed by atoms with Crippen LogP contribution < -0.4 is 11.2 Å². The zero-order valence-electron chi connectivity index (χ0n) is 9.54. The van der Waals surface area contributed by atoms with Gasteiger partial charge < -0.3 is 15.5 Å². The molecule has 0 aliphatic carbocycles. The van der Waals surface area contributed by atoms with Crippen LogP contribution in [-0.2, 0) is 4.79 Å². The van der Waals surface area contributed by atoms with E-state index in [9.17, 15) is 14.4 Å². The number of carbonyl (C=O) groups is 3. The van der Waals surface area contributed by atoms with E-state index in [-0.39, 0.29) is 22.7 Å². The molecule has 3 N–H and O–H groups in total. The summed E-state index contributed by atoms with van der Waals surface area (Å²) in [5, 5.41) is 1.40. The maximum Gasteiger partial charge on any atom is 0.339 e. The Morgan fingerprint density at radius 2 is 2.06 bits per heavy atom. The molecular weight excluding hydrogens is 258 g/mol. The summed E-state index contributed by atoms with van der Waals surface area (Å²) in [4.78, 5) is 37.5. The van der Waals surface area contributed by atoms with Crippen LogP contribution in [0.2, 0.25) is 0 Å². The lowest BCUT2D eigenvalue weighted by Crippen LogP contribution is -2.49. The number of amides is 5. The molecule has 3 rings (SSSR count). The molecule has 0 spiro atoms. The minimum atomic E-state index is -0.747. The number of rotatable bonds is 2. The molecule has 2 atom stereocenters. The van der Waals surface area contributed by atoms with Gasteiger partial charge in [0.1, 0.15) is 0 Å². The smallest absolute Gasteiger partial charge is 0.339 e. The van der Waals surface area contributed by atoms with Gasteiger partial charge in [-0.3, -0.25) is 4.79 Å². The molecule has 5 amide bonds. The molecule has 0 aromatic rings. The summed E-state index contributed by atoms with van der Waals surface area (Å²) in [6.45, 7) is 1.52. The number of fused-ring (bicyclic) bond motifs is 1. The van der Waals surface area contributed by atoms with Crippen LogP contribution >= 0.6 is 11.8 Å². The number of carbonyl (C=O) groups excluding carboxylic acids is 3. The van der Waals surface area contributed by atoms with Gasteiger partial charge in [-0.2, -0.15) is 0 Å². The van der Waals surface area contributed by atoms with E-state index in [1.165, 1.54) is 5.01 Å². The zero-order chi connectivity index (χ0) is 12.9. The summed E-state index contributed by atoms with van der Waals surface area (Å²) < 4.78 is 0. The van der Waals surface area contributed by atoms with Crippen molar-refractivity contribution < 1.29 is 14.4 Å². The fourth-order valence-corrected chi connectivity index (χ4v) is 3.93. The summed E-state index contributed by atoms with van der Waals surface area (Å²) in [5.41, 5.74) is 7.27. The van der Waals surface area contributed by atoms with Gasteiger partial charge in [0.05, 0.1) is 30.3 Å². The first kappa shape index (κ1) is 11.5. The minimum absolute atomic E-state index is 0.0198. The lowest BCUT2D eigenvalue weighted by Gasteiger charge is -2.32. The third-order valence-corrected chi connectivity index (χ3v) is 4.77. The first-order chi connectivity index (χ1) is 8.56. The second kappa shape index (κ2) is 3.94. The van der Waals surface area contributed by atoms with Crippen LogP contribution in [-0.4, -0.2) is 63.2 Å². The predicted octanol–water partition coefficient (Wildman–Crippen LogP) is -1.06. The largest absolute Gasteiger partial charge is 0.350 e. The van der Waals surface area contributed by atoms with E-state index in [4.69, 9.17) is 5.73 Å². The molecule has 3 saturated heterocycles. The Labute approximate surface area is 107 Å². The van der Waals surface area contributed by atoms with Crippen LogP contribution in [0.4, 0.5) is 9.59 Å². The van der Waals surface area contributed by atoms with Gasteiger partial charge in [-0.25, -0.2) is 20.0 Å². The Kier molecular flexibility index (Phi) is 2.51. The maximum absolute atomic E-state index is 12.0. The van der Waals surface area contributed by atoms with Crippen molar-refractivity contribution in [1.29, 1.82) is 0 Å². The first-order valence-corrected chi connectivity index (χ1v) is 6.59. The number of primary amides is 1. The van der Waals surface area contributed by atoms with Crippen molar-refractivity contribution in [3.05, 3.63) is 0 Å². The highest BCUT2D eigenvalue weighted by atomic mass is 32.2. The standard InChI is InChI=1S/C9H13N5O3S/c10-8(16)11-14-2-1-12(9(14)17)7-4-13-5(15)3-6(13)18-7/h6-7H,1-4H2,(H3,10,11,16). The van der Waals surface area contributed by atoms with E-state index < -0.39 is 6.03 Å². The van der Waals surface area contributed by atoms with Crippen molar-refractivity contribution in [2.24, 2.45) is 5.73 Å². The number of nitrogens with zero attached hydrogens (tertiary/aromatic N) is 3. The number of thioether (sulfide) groups is 1. The Morgan fingerprint density at radius 1 is 1.28 bits per heavy atom. The van der Waals surface area contributed by atoms with Gasteiger partial charge in [-0.15, -0.1) is 11.8 Å². The van der Waals surface area contributed by atoms with Gasteiger partial charge in [0.25, 0.3) is 0 Å². The van der Waals surface area contributed by atoms with Crippen molar-refractivity contribution in [3.63, 3.8) is 0 Å². The van der Waals surface area contributed by atoms with E-state index in [1.54, 1.807) is 21.6 Å². The molecule has 0 aromatic heterocycles. The second-order valence-corrected chi connectivity index (χ2v) is 5.76. The maximum atomic E-state index is 12.0. The van der Waals surface area contributed by atoms with Crippen molar-refractivity contribution >= 4 is 29.7 Å². The summed E-state index contributed by atoms with van der Waals surface area (Å²) in [6, 6.07) is -1.01. The van der Waals surface area contributed by atoms with Crippen LogP contribution in [0.5, 0.6) is 0 Å². The highest BCUT2D eigenvalue weighted by Gasteiger charge is 2.49. The average Bonchev–Trinajstić information content (AvgIpc) is 2.80. The number of nitrogens with one attached hydrogen (secondary N) is 1. The number of hydrogen-bond acceptors (Lipinski definition) is 4. The van der Waals surface area contributed by atoms with Gasteiger partial charge in [0.15, 0.2) is 0 Å². The summed E-state index contributed by atoms with van der Waals surface area (Å²) in [5.74, 6) is 0.147. The summed E-state index contributed by atoms with van der Waals surface area (Å²) in [7, 11) is 0. The lowest BCUT2D eigenvalue weighted by molar-refractivity contribution is -0.140. The molecule has 9 heteroatoms. The molecule has 0 aromatic carbocycles. The monoisotopic (exact) mass is 271 g/mol. The van der Waals surface area contributed by atoms with Crippen LogP contribution in [0, 0.1) is 0 Å². The number of hydrogen-bond donors (Lipinski definition) is 2. The second-order valence-electron chi connectivity index (χ2n) is 4.40. The molecule has 3 fully saturated rings. The van der Waals surface area contributed by atoms with Gasteiger partial charge in [0, 0.05) is 6.54 Å². The molecule has 8 nitrogen and oxygen atoms in total. The molecule has 3 aliphatic heterocycles. The van der Waals surface area contributed by atoms with E-state index in [0.29, 0.717) is 26.1 Å². The van der Waals surface area contributed by atoms with Crippen molar-refractivity contribution in [2.45, 2.75) is 17.2 Å². The number of nitrogens with two attached hydrogens (primary N) is 1. The molecule has 0 radical (unpaired) electrons. The van der Waals surface area contributed by atoms with Crippen LogP contribution in [0.3, 0.4) is 0 Å². The molecule has 18 heavy (non-hydrogen) atoms. The fraction of sp³-hybridized carbons (Fsp3) is 0.667. The topological polar surface area (TPSA) is 99.0 Å². The van der Waals surface area contributed by atoms with Crippen LogP contribution in [0.1, 0.15) is 6.42 Å². The Morgan fingerprint density at radius 3 is 2.67 bits per heavy atom. The number of β-lactam (4-membered cyclic amide) rings is 1. The molecule has 3 heterocycles. The quantitative estimate of drug-likeness (QED) is 0.625. The molecule has 2 unspecified atom stereocenters. The molecule has 0 bridgehead atoms. The molecular formula is C9H13N5O3S. The third kappa shape index (κ3) is 1.65. The number of urea groups is 2. The summed E-state index contributed by atoms with van der Waals surface area (Å²) in [6.07, 6.45) is 0.562. The van der Waals surface area contributed by atoms with Crippen molar-refractivity contribution in [1.82, 2.24) is 20.2 Å². The van der Waals surface area contributed by atoms with Crippen molar-refractivity contribution in [2.75, 3.05) is 19.6 Å². The Hall–Kier alpha value is -1.64. The minimum Gasteiger partial charge on any atom is -0.350 e. The van der Waals surface area contributed by atoms with Crippen LogP contribution in [0.15, 0.2) is 0 Å². The Bertz CT molecular complexity index is 430. The van der Waals surface area contributed by atoms with E-state index in [2.05, 4.69) is 5.43 Å². The lowest BCUT2D eigenvalue weighted by atomic mass is 10.2. The average molecular weight is 271 g/mol. The number of hydrazine groups is 1. The van der Waals surface area contributed by atoms with Crippen LogP contribution in [0.25, 0.3) is 0 Å². The predicted molar refractivity (Wildman–Crippen MR) is 63.0 cm³/mol. The molecule has 98 valence electrons. The normalized spacial score (nSPS) is 30.6. The third-order valence-electron chi connectivity index (χ3n) is 3.32. The fourth-order valence-electron chi connectivity index (χ4n) is 2.39. The molecule has 3 aliphatic rings. The van der Waals surface area contributed by atoms with Crippen molar-refractivity contribution in [3.8, 4) is 0 Å². The Balaban J connectivity index is 1.63. The van der Waals surface area contributed by atoms with E-state index in [1.807, 2.05) is 0 Å². The summed E-state index contributed by atoms with van der Waals surface area (Å²) >= 11 is 1.63. The zero-order valence-corrected chi connectivity index (χ0v) is 10.4. The van der Waals surface area contributed by atoms with Gasteiger partial charge in [-0.1, -0.05) is 0 Å². The highest BCUT2D eigenvalue weighted by Crippen LogP contribution is 2.41. The van der Waals surface area contributed by atoms with E-state index in [0.717, 1.165) is 0 Å². The van der Waals surface area contributed by atoms with Gasteiger partial charge >= 0.3 is 12.1 Å². The van der Waals surface area contributed by atoms with E-state index >= 15 is 0 Å².